The second-order valence-corrected chi connectivity index (χ2v) is 11.1. The number of amides is 3. The maximum Gasteiger partial charge on any atom is 0.243 e. The van der Waals surface area contributed by atoms with E-state index in [4.69, 9.17) is 9.47 Å². The van der Waals surface area contributed by atoms with Crippen molar-refractivity contribution < 1.29 is 28.7 Å². The summed E-state index contributed by atoms with van der Waals surface area (Å²) in [5.41, 5.74) is -0.847. The number of hydrogen-bond donors (Lipinski definition) is 3. The van der Waals surface area contributed by atoms with Gasteiger partial charge in [0.05, 0.1) is 32.4 Å². The number of hydrogen-bond acceptors (Lipinski definition) is 7. The van der Waals surface area contributed by atoms with E-state index in [1.165, 1.54) is 0 Å². The molecule has 0 aromatic rings. The SMILES string of the molecule is CCC[C@H](NC(=O)CN1CCOCC1)C(=O)N[C@@H](CC(C)C)C(=O)N[C@@H](CC(C)C)C(=O)[C@@]1(C)CO1. The highest BCUT2D eigenvalue weighted by Crippen LogP contribution is 2.29. The first-order chi connectivity index (χ1) is 16.9. The first-order valence-corrected chi connectivity index (χ1v) is 13.3. The summed E-state index contributed by atoms with van der Waals surface area (Å²) in [6, 6.07) is -2.24. The number of rotatable bonds is 15. The van der Waals surface area contributed by atoms with E-state index in [-0.39, 0.29) is 30.1 Å². The van der Waals surface area contributed by atoms with Crippen molar-refractivity contribution in [1.82, 2.24) is 20.9 Å². The Morgan fingerprint density at radius 2 is 1.39 bits per heavy atom. The summed E-state index contributed by atoms with van der Waals surface area (Å²) in [6.07, 6.45) is 2.05. The Kier molecular flexibility index (Phi) is 11.8. The molecular formula is C26H46N4O6. The third-order valence-corrected chi connectivity index (χ3v) is 6.48. The molecule has 206 valence electrons. The van der Waals surface area contributed by atoms with Crippen molar-refractivity contribution in [2.75, 3.05) is 39.5 Å². The van der Waals surface area contributed by atoms with Gasteiger partial charge in [-0.15, -0.1) is 0 Å². The van der Waals surface area contributed by atoms with E-state index in [9.17, 15) is 19.2 Å². The zero-order valence-electron chi connectivity index (χ0n) is 22.9. The lowest BCUT2D eigenvalue weighted by molar-refractivity contribution is -0.135. The molecule has 0 radical (unpaired) electrons. The fraction of sp³-hybridized carbons (Fsp3) is 0.846. The van der Waals surface area contributed by atoms with Crippen LogP contribution in [-0.2, 0) is 28.7 Å². The van der Waals surface area contributed by atoms with Gasteiger partial charge in [-0.25, -0.2) is 0 Å². The molecule has 3 N–H and O–H groups in total. The third kappa shape index (κ3) is 9.78. The number of nitrogens with zero attached hydrogens (tertiary/aromatic N) is 1. The molecule has 0 bridgehead atoms. The van der Waals surface area contributed by atoms with Gasteiger partial charge in [0, 0.05) is 13.1 Å². The molecule has 2 fully saturated rings. The summed E-state index contributed by atoms with van der Waals surface area (Å²) in [7, 11) is 0. The Balaban J connectivity index is 2.05. The van der Waals surface area contributed by atoms with E-state index in [0.717, 1.165) is 0 Å². The van der Waals surface area contributed by atoms with Crippen LogP contribution in [0.5, 0.6) is 0 Å². The molecule has 0 spiro atoms. The Bertz CT molecular complexity index is 762. The number of nitrogens with one attached hydrogen (secondary N) is 3. The summed E-state index contributed by atoms with van der Waals surface area (Å²) in [5, 5.41) is 8.57. The number of morpholine rings is 1. The van der Waals surface area contributed by atoms with E-state index >= 15 is 0 Å². The van der Waals surface area contributed by atoms with Crippen LogP contribution in [0.2, 0.25) is 0 Å². The molecule has 2 rings (SSSR count). The minimum Gasteiger partial charge on any atom is -0.379 e. The molecule has 2 saturated heterocycles. The van der Waals surface area contributed by atoms with Crippen molar-refractivity contribution in [1.29, 1.82) is 0 Å². The number of ether oxygens (including phenoxy) is 2. The predicted molar refractivity (Wildman–Crippen MR) is 136 cm³/mol. The number of Topliss-reactive ketones (excluding diaryl/α,β-unsaturated/α-hetero) is 1. The van der Waals surface area contributed by atoms with Crippen LogP contribution in [-0.4, -0.2) is 91.6 Å². The molecule has 0 saturated carbocycles. The summed E-state index contributed by atoms with van der Waals surface area (Å²) in [6.45, 7) is 14.7. The quantitative estimate of drug-likeness (QED) is 0.281. The van der Waals surface area contributed by atoms with E-state index in [2.05, 4.69) is 16.0 Å². The van der Waals surface area contributed by atoms with Crippen LogP contribution in [0.4, 0.5) is 0 Å². The smallest absolute Gasteiger partial charge is 0.243 e. The largest absolute Gasteiger partial charge is 0.379 e. The van der Waals surface area contributed by atoms with E-state index in [1.54, 1.807) is 6.92 Å². The van der Waals surface area contributed by atoms with Gasteiger partial charge in [-0.3, -0.25) is 24.1 Å². The van der Waals surface area contributed by atoms with Gasteiger partial charge in [0.25, 0.3) is 0 Å². The van der Waals surface area contributed by atoms with Gasteiger partial charge in [-0.05, 0) is 38.0 Å². The normalized spacial score (nSPS) is 22.6. The van der Waals surface area contributed by atoms with Crippen LogP contribution < -0.4 is 16.0 Å². The molecule has 36 heavy (non-hydrogen) atoms. The van der Waals surface area contributed by atoms with Crippen LogP contribution in [0.1, 0.15) is 67.2 Å². The molecule has 2 aliphatic heterocycles. The molecule has 0 unspecified atom stereocenters. The lowest BCUT2D eigenvalue weighted by Crippen LogP contribution is -2.57. The molecule has 4 atom stereocenters. The van der Waals surface area contributed by atoms with Crippen LogP contribution >= 0.6 is 0 Å². The molecule has 3 amide bonds. The third-order valence-electron chi connectivity index (χ3n) is 6.48. The summed E-state index contributed by atoms with van der Waals surface area (Å²) in [4.78, 5) is 54.1. The molecular weight excluding hydrogens is 464 g/mol. The second-order valence-electron chi connectivity index (χ2n) is 11.1. The number of carbonyl (C=O) groups excluding carboxylic acids is 4. The summed E-state index contributed by atoms with van der Waals surface area (Å²) < 4.78 is 10.6. The van der Waals surface area contributed by atoms with E-state index in [1.807, 2.05) is 39.5 Å². The standard InChI is InChI=1S/C26H46N4O6/c1-7-8-19(27-22(31)15-30-9-11-35-12-10-30)24(33)29-21(14-18(4)5)25(34)28-20(13-17(2)3)23(32)26(6)16-36-26/h17-21H,7-16H2,1-6H3,(H,27,31)(H,28,34)(H,29,33)/t19-,20-,21-,26+/m0/s1. The van der Waals surface area contributed by atoms with Gasteiger partial charge in [-0.2, -0.15) is 0 Å². The van der Waals surface area contributed by atoms with Gasteiger partial charge < -0.3 is 25.4 Å². The average molecular weight is 511 g/mol. The molecule has 0 aromatic heterocycles. The van der Waals surface area contributed by atoms with Crippen LogP contribution in [0.25, 0.3) is 0 Å². The number of carbonyl (C=O) groups is 4. The van der Waals surface area contributed by atoms with Gasteiger partial charge in [0.2, 0.25) is 17.7 Å². The van der Waals surface area contributed by atoms with Crippen LogP contribution in [0.3, 0.4) is 0 Å². The van der Waals surface area contributed by atoms with E-state index < -0.39 is 35.5 Å². The van der Waals surface area contributed by atoms with Crippen molar-refractivity contribution in [2.45, 2.75) is 91.0 Å². The minimum absolute atomic E-state index is 0.130. The van der Waals surface area contributed by atoms with Gasteiger partial charge in [-0.1, -0.05) is 41.0 Å². The fourth-order valence-electron chi connectivity index (χ4n) is 4.33. The molecule has 10 heteroatoms. The monoisotopic (exact) mass is 510 g/mol. The maximum absolute atomic E-state index is 13.3. The Labute approximate surface area is 215 Å². The van der Waals surface area contributed by atoms with Gasteiger partial charge in [0.15, 0.2) is 5.78 Å². The predicted octanol–water partition coefficient (Wildman–Crippen LogP) is 1.02. The summed E-state index contributed by atoms with van der Waals surface area (Å²) >= 11 is 0. The van der Waals surface area contributed by atoms with Crippen molar-refractivity contribution >= 4 is 23.5 Å². The molecule has 2 heterocycles. The summed E-state index contributed by atoms with van der Waals surface area (Å²) in [5.74, 6) is -0.832. The topological polar surface area (TPSA) is 129 Å². The first-order valence-electron chi connectivity index (χ1n) is 13.3. The Morgan fingerprint density at radius 3 is 1.92 bits per heavy atom. The van der Waals surface area contributed by atoms with Gasteiger partial charge in [0.1, 0.15) is 17.7 Å². The first kappa shape index (κ1) is 30.2. The molecule has 2 aliphatic rings. The molecule has 0 aromatic carbocycles. The maximum atomic E-state index is 13.3. The highest BCUT2D eigenvalue weighted by atomic mass is 16.6. The zero-order valence-corrected chi connectivity index (χ0v) is 22.9. The lowest BCUT2D eigenvalue weighted by atomic mass is 9.92. The van der Waals surface area contributed by atoms with Crippen molar-refractivity contribution in [2.24, 2.45) is 11.8 Å². The minimum atomic E-state index is -0.847. The Hall–Kier alpha value is -2.04. The Morgan fingerprint density at radius 1 is 0.861 bits per heavy atom. The van der Waals surface area contributed by atoms with Crippen molar-refractivity contribution in [3.63, 3.8) is 0 Å². The van der Waals surface area contributed by atoms with Crippen molar-refractivity contribution in [3.8, 4) is 0 Å². The second kappa shape index (κ2) is 14.0. The molecule has 10 nitrogen and oxygen atoms in total. The zero-order chi connectivity index (χ0) is 26.9. The van der Waals surface area contributed by atoms with Crippen LogP contribution in [0, 0.1) is 11.8 Å². The fourth-order valence-corrected chi connectivity index (χ4v) is 4.33. The average Bonchev–Trinajstić information content (AvgIpc) is 3.55. The molecule has 0 aliphatic carbocycles. The van der Waals surface area contributed by atoms with Crippen LogP contribution in [0.15, 0.2) is 0 Å². The number of epoxide rings is 1. The lowest BCUT2D eigenvalue weighted by Gasteiger charge is -2.28. The van der Waals surface area contributed by atoms with Crippen molar-refractivity contribution in [3.05, 3.63) is 0 Å². The highest BCUT2D eigenvalue weighted by molar-refractivity contribution is 5.98. The highest BCUT2D eigenvalue weighted by Gasteiger charge is 2.50. The van der Waals surface area contributed by atoms with E-state index in [0.29, 0.717) is 58.6 Å². The number of ketones is 1. The van der Waals surface area contributed by atoms with Gasteiger partial charge >= 0.3 is 0 Å².